The SMILES string of the molecule is Cc1ccc2[nH]cc(CCNC(=O)C=Cc3ccc([N+](=O)[O-])cc3)c2c1. The lowest BCUT2D eigenvalue weighted by Gasteiger charge is -2.02. The van der Waals surface area contributed by atoms with Crippen LogP contribution in [-0.4, -0.2) is 22.4 Å². The van der Waals surface area contributed by atoms with Crippen molar-refractivity contribution in [3.63, 3.8) is 0 Å². The highest BCUT2D eigenvalue weighted by Gasteiger charge is 2.05. The van der Waals surface area contributed by atoms with Crippen LogP contribution in [0.3, 0.4) is 0 Å². The Balaban J connectivity index is 1.53. The Kier molecular flexibility index (Phi) is 5.12. The van der Waals surface area contributed by atoms with Gasteiger partial charge in [0.05, 0.1) is 4.92 Å². The normalized spacial score (nSPS) is 11.1. The van der Waals surface area contributed by atoms with Gasteiger partial charge in [0.15, 0.2) is 0 Å². The van der Waals surface area contributed by atoms with E-state index in [0.717, 1.165) is 17.5 Å². The van der Waals surface area contributed by atoms with Gasteiger partial charge in [0.25, 0.3) is 5.69 Å². The topological polar surface area (TPSA) is 88.0 Å². The van der Waals surface area contributed by atoms with Crippen LogP contribution in [0.2, 0.25) is 0 Å². The number of hydrogen-bond acceptors (Lipinski definition) is 3. The summed E-state index contributed by atoms with van der Waals surface area (Å²) in [4.78, 5) is 25.3. The molecule has 2 aromatic carbocycles. The van der Waals surface area contributed by atoms with Crippen molar-refractivity contribution in [3.05, 3.63) is 81.5 Å². The second-order valence-corrected chi connectivity index (χ2v) is 6.09. The molecule has 132 valence electrons. The maximum Gasteiger partial charge on any atom is 0.269 e. The minimum atomic E-state index is -0.452. The van der Waals surface area contributed by atoms with Crippen LogP contribution in [0, 0.1) is 17.0 Å². The van der Waals surface area contributed by atoms with Gasteiger partial charge in [0, 0.05) is 41.9 Å². The van der Waals surface area contributed by atoms with E-state index in [1.807, 2.05) is 6.20 Å². The number of nitro groups is 1. The molecule has 26 heavy (non-hydrogen) atoms. The number of non-ortho nitro benzene ring substituents is 1. The Morgan fingerprint density at radius 2 is 2.00 bits per heavy atom. The van der Waals surface area contributed by atoms with Gasteiger partial charge in [-0.25, -0.2) is 0 Å². The Morgan fingerprint density at radius 1 is 1.23 bits per heavy atom. The smallest absolute Gasteiger partial charge is 0.269 e. The largest absolute Gasteiger partial charge is 0.361 e. The zero-order valence-electron chi connectivity index (χ0n) is 14.4. The summed E-state index contributed by atoms with van der Waals surface area (Å²) in [6, 6.07) is 12.3. The number of aromatic amines is 1. The van der Waals surface area contributed by atoms with Crippen LogP contribution >= 0.6 is 0 Å². The maximum absolute atomic E-state index is 11.9. The fraction of sp³-hybridized carbons (Fsp3) is 0.150. The van der Waals surface area contributed by atoms with Crippen molar-refractivity contribution in [2.24, 2.45) is 0 Å². The number of rotatable bonds is 6. The first kappa shape index (κ1) is 17.4. The van der Waals surface area contributed by atoms with E-state index in [1.54, 1.807) is 18.2 Å². The van der Waals surface area contributed by atoms with Crippen LogP contribution in [0.4, 0.5) is 5.69 Å². The van der Waals surface area contributed by atoms with Crippen molar-refractivity contribution in [2.75, 3.05) is 6.54 Å². The predicted molar refractivity (Wildman–Crippen MR) is 102 cm³/mol. The minimum absolute atomic E-state index is 0.0283. The van der Waals surface area contributed by atoms with Gasteiger partial charge >= 0.3 is 0 Å². The van der Waals surface area contributed by atoms with Crippen LogP contribution in [-0.2, 0) is 11.2 Å². The van der Waals surface area contributed by atoms with Crippen molar-refractivity contribution < 1.29 is 9.72 Å². The average molecular weight is 349 g/mol. The molecule has 1 amide bonds. The first-order chi connectivity index (χ1) is 12.5. The molecule has 0 unspecified atom stereocenters. The summed E-state index contributed by atoms with van der Waals surface area (Å²) in [5.74, 6) is -0.195. The molecular formula is C20H19N3O3. The molecule has 2 N–H and O–H groups in total. The quantitative estimate of drug-likeness (QED) is 0.403. The third kappa shape index (κ3) is 4.16. The summed E-state index contributed by atoms with van der Waals surface area (Å²) < 4.78 is 0. The number of carbonyl (C=O) groups excluding carboxylic acids is 1. The maximum atomic E-state index is 11.9. The third-order valence-electron chi connectivity index (χ3n) is 4.15. The molecule has 0 saturated carbocycles. The second-order valence-electron chi connectivity index (χ2n) is 6.09. The van der Waals surface area contributed by atoms with Gasteiger partial charge in [0.1, 0.15) is 0 Å². The van der Waals surface area contributed by atoms with E-state index in [9.17, 15) is 14.9 Å². The van der Waals surface area contributed by atoms with Crippen molar-refractivity contribution >= 4 is 28.6 Å². The van der Waals surface area contributed by atoms with E-state index in [2.05, 4.69) is 35.4 Å². The number of nitrogens with zero attached hydrogens (tertiary/aromatic N) is 1. The monoisotopic (exact) mass is 349 g/mol. The number of carbonyl (C=O) groups is 1. The number of aryl methyl sites for hydroxylation is 1. The van der Waals surface area contributed by atoms with Gasteiger partial charge in [-0.3, -0.25) is 14.9 Å². The molecule has 6 nitrogen and oxygen atoms in total. The number of H-pyrrole nitrogens is 1. The van der Waals surface area contributed by atoms with E-state index in [4.69, 9.17) is 0 Å². The van der Waals surface area contributed by atoms with Gasteiger partial charge in [-0.05, 0) is 54.8 Å². The molecule has 0 atom stereocenters. The minimum Gasteiger partial charge on any atom is -0.361 e. The molecule has 0 saturated heterocycles. The highest BCUT2D eigenvalue weighted by atomic mass is 16.6. The van der Waals surface area contributed by atoms with Crippen LogP contribution in [0.15, 0.2) is 54.7 Å². The summed E-state index contributed by atoms with van der Waals surface area (Å²) in [5.41, 5.74) is 4.23. The average Bonchev–Trinajstić information content (AvgIpc) is 3.02. The molecule has 1 heterocycles. The summed E-state index contributed by atoms with van der Waals surface area (Å²) >= 11 is 0. The van der Waals surface area contributed by atoms with Gasteiger partial charge in [-0.1, -0.05) is 11.6 Å². The number of nitro benzene ring substituents is 1. The highest BCUT2D eigenvalue weighted by molar-refractivity contribution is 5.91. The van der Waals surface area contributed by atoms with Gasteiger partial charge in [0.2, 0.25) is 5.91 Å². The number of fused-ring (bicyclic) bond motifs is 1. The van der Waals surface area contributed by atoms with Crippen molar-refractivity contribution in [1.29, 1.82) is 0 Å². The number of benzene rings is 2. The highest BCUT2D eigenvalue weighted by Crippen LogP contribution is 2.19. The lowest BCUT2D eigenvalue weighted by molar-refractivity contribution is -0.384. The van der Waals surface area contributed by atoms with E-state index in [1.165, 1.54) is 34.7 Å². The van der Waals surface area contributed by atoms with Gasteiger partial charge < -0.3 is 10.3 Å². The van der Waals surface area contributed by atoms with Gasteiger partial charge in [-0.2, -0.15) is 0 Å². The van der Waals surface area contributed by atoms with Crippen molar-refractivity contribution in [3.8, 4) is 0 Å². The van der Waals surface area contributed by atoms with Crippen LogP contribution in [0.5, 0.6) is 0 Å². The Morgan fingerprint density at radius 3 is 2.73 bits per heavy atom. The molecule has 0 aliphatic heterocycles. The molecule has 0 fully saturated rings. The summed E-state index contributed by atoms with van der Waals surface area (Å²) in [7, 11) is 0. The Bertz CT molecular complexity index is 972. The molecule has 0 aliphatic rings. The predicted octanol–water partition coefficient (Wildman–Crippen LogP) is 3.76. The first-order valence-corrected chi connectivity index (χ1v) is 8.30. The number of hydrogen-bond donors (Lipinski definition) is 2. The lowest BCUT2D eigenvalue weighted by atomic mass is 10.1. The van der Waals surface area contributed by atoms with Crippen LogP contribution in [0.1, 0.15) is 16.7 Å². The second kappa shape index (κ2) is 7.65. The zero-order chi connectivity index (χ0) is 18.5. The fourth-order valence-electron chi connectivity index (χ4n) is 2.76. The molecule has 1 aromatic heterocycles. The van der Waals surface area contributed by atoms with Crippen molar-refractivity contribution in [2.45, 2.75) is 13.3 Å². The number of nitrogens with one attached hydrogen (secondary N) is 2. The molecule has 6 heteroatoms. The molecule has 0 spiro atoms. The zero-order valence-corrected chi connectivity index (χ0v) is 14.4. The lowest BCUT2D eigenvalue weighted by Crippen LogP contribution is -2.23. The molecule has 0 aliphatic carbocycles. The third-order valence-corrected chi connectivity index (χ3v) is 4.15. The molecule has 0 radical (unpaired) electrons. The molecule has 3 aromatic rings. The van der Waals surface area contributed by atoms with Crippen molar-refractivity contribution in [1.82, 2.24) is 10.3 Å². The van der Waals surface area contributed by atoms with Crippen LogP contribution in [0.25, 0.3) is 17.0 Å². The van der Waals surface area contributed by atoms with E-state index in [-0.39, 0.29) is 11.6 Å². The summed E-state index contributed by atoms with van der Waals surface area (Å²) in [6.45, 7) is 2.59. The number of aromatic nitrogens is 1. The standard InChI is InChI=1S/C20H19N3O3/c1-14-2-8-19-18(12-14)16(13-22-19)10-11-21-20(24)9-5-15-3-6-17(7-4-15)23(25)26/h2-9,12-13,22H,10-11H2,1H3,(H,21,24). The fourth-order valence-corrected chi connectivity index (χ4v) is 2.76. The van der Waals surface area contributed by atoms with E-state index >= 15 is 0 Å². The summed E-state index contributed by atoms with van der Waals surface area (Å²) in [6.07, 6.45) is 5.78. The van der Waals surface area contributed by atoms with Gasteiger partial charge in [-0.15, -0.1) is 0 Å². The van der Waals surface area contributed by atoms with E-state index < -0.39 is 4.92 Å². The van der Waals surface area contributed by atoms with Crippen LogP contribution < -0.4 is 5.32 Å². The van der Waals surface area contributed by atoms with E-state index in [0.29, 0.717) is 6.54 Å². The Labute approximate surface area is 150 Å². The molecule has 3 rings (SSSR count). The first-order valence-electron chi connectivity index (χ1n) is 8.30. The molecular weight excluding hydrogens is 330 g/mol. The number of amides is 1. The Hall–Kier alpha value is -3.41. The summed E-state index contributed by atoms with van der Waals surface area (Å²) in [5, 5.41) is 14.6. The molecule has 0 bridgehead atoms.